The highest BCUT2D eigenvalue weighted by Gasteiger charge is 2.28. The summed E-state index contributed by atoms with van der Waals surface area (Å²) >= 11 is 0. The van der Waals surface area contributed by atoms with Gasteiger partial charge >= 0.3 is 11.8 Å². The highest BCUT2D eigenvalue weighted by molar-refractivity contribution is 5.79. The van der Waals surface area contributed by atoms with Crippen LogP contribution in [0.4, 0.5) is 16.2 Å². The molecular weight excluding hydrogens is 396 g/mol. The first-order chi connectivity index (χ1) is 15.1. The van der Waals surface area contributed by atoms with Crippen molar-refractivity contribution in [3.63, 3.8) is 0 Å². The Bertz CT molecular complexity index is 1180. The minimum Gasteiger partial charge on any atom is -0.449 e. The number of carbonyl (C=O) groups is 1. The van der Waals surface area contributed by atoms with Crippen LogP contribution in [-0.4, -0.2) is 29.2 Å². The zero-order valence-electron chi connectivity index (χ0n) is 16.4. The third-order valence-corrected chi connectivity index (χ3v) is 5.05. The van der Waals surface area contributed by atoms with E-state index in [1.807, 2.05) is 36.4 Å². The number of nitrogen functional groups attached to an aromatic ring is 1. The van der Waals surface area contributed by atoms with Crippen molar-refractivity contribution in [1.82, 2.24) is 10.3 Å². The van der Waals surface area contributed by atoms with Crippen LogP contribution in [0.2, 0.25) is 0 Å². The molecule has 1 aliphatic carbocycles. The first-order valence-corrected chi connectivity index (χ1v) is 9.52. The molecule has 0 radical (unpaired) electrons. The van der Waals surface area contributed by atoms with E-state index in [9.17, 15) is 14.9 Å². The number of hydrogen-bond acceptors (Lipinski definition) is 6. The summed E-state index contributed by atoms with van der Waals surface area (Å²) in [5.74, 6) is 5.34. The Hall–Kier alpha value is -4.38. The largest absolute Gasteiger partial charge is 0.449 e. The average Bonchev–Trinajstić information content (AvgIpc) is 3.10. The van der Waals surface area contributed by atoms with Crippen LogP contribution in [0.25, 0.3) is 11.1 Å². The summed E-state index contributed by atoms with van der Waals surface area (Å²) in [5, 5.41) is 13.4. The van der Waals surface area contributed by atoms with Crippen LogP contribution >= 0.6 is 0 Å². The van der Waals surface area contributed by atoms with Gasteiger partial charge in [-0.1, -0.05) is 60.4 Å². The molecule has 154 valence electrons. The Balaban J connectivity index is 1.36. The molecule has 0 atom stereocenters. The Morgan fingerprint density at radius 2 is 1.77 bits per heavy atom. The van der Waals surface area contributed by atoms with E-state index in [1.54, 1.807) is 0 Å². The average molecular weight is 414 g/mol. The smallest absolute Gasteiger partial charge is 0.407 e. The van der Waals surface area contributed by atoms with Gasteiger partial charge in [0.05, 0.1) is 17.0 Å². The van der Waals surface area contributed by atoms with Crippen LogP contribution < -0.4 is 11.1 Å². The van der Waals surface area contributed by atoms with E-state index in [1.165, 1.54) is 6.20 Å². The minimum atomic E-state index is -0.623. The van der Waals surface area contributed by atoms with Crippen LogP contribution in [0.15, 0.2) is 60.9 Å². The van der Waals surface area contributed by atoms with Gasteiger partial charge in [0, 0.05) is 12.1 Å². The molecule has 0 saturated carbocycles. The number of alkyl carbamates (subject to hydrolysis) is 1. The second kappa shape index (κ2) is 8.55. The molecule has 1 aliphatic rings. The van der Waals surface area contributed by atoms with Gasteiger partial charge in [-0.15, -0.1) is 0 Å². The van der Waals surface area contributed by atoms with Crippen molar-refractivity contribution in [3.05, 3.63) is 87.7 Å². The van der Waals surface area contributed by atoms with Gasteiger partial charge < -0.3 is 15.8 Å². The van der Waals surface area contributed by atoms with Crippen molar-refractivity contribution in [3.8, 4) is 23.0 Å². The van der Waals surface area contributed by atoms with Crippen molar-refractivity contribution < 1.29 is 14.5 Å². The van der Waals surface area contributed by atoms with E-state index in [0.29, 0.717) is 0 Å². The van der Waals surface area contributed by atoms with E-state index < -0.39 is 11.0 Å². The number of pyridine rings is 1. The van der Waals surface area contributed by atoms with Crippen LogP contribution in [-0.2, 0) is 4.74 Å². The Labute approximate surface area is 178 Å². The molecule has 31 heavy (non-hydrogen) atoms. The number of rotatable bonds is 4. The summed E-state index contributed by atoms with van der Waals surface area (Å²) in [5.41, 5.74) is 10.1. The fourth-order valence-electron chi connectivity index (χ4n) is 3.61. The maximum Gasteiger partial charge on any atom is 0.407 e. The standard InChI is InChI=1S/C23H18N4O4/c24-22-15(12-25-13-21(22)27(29)30)6-5-11-26-23(28)31-14-20-18-9-3-1-7-16(18)17-8-2-4-10-19(17)20/h1-4,7-10,12-13,20H,11,14H2,(H2,24,25)(H,26,28). The fraction of sp³-hybridized carbons (Fsp3) is 0.130. The lowest BCUT2D eigenvalue weighted by Crippen LogP contribution is -2.26. The minimum absolute atomic E-state index is 0.00118. The van der Waals surface area contributed by atoms with Gasteiger partial charge in [-0.2, -0.15) is 0 Å². The predicted octanol–water partition coefficient (Wildman–Crippen LogP) is 3.46. The number of carbonyl (C=O) groups excluding carboxylic acids is 1. The Morgan fingerprint density at radius 3 is 2.42 bits per heavy atom. The predicted molar refractivity (Wildman–Crippen MR) is 115 cm³/mol. The number of nitrogens with zero attached hydrogens (tertiary/aromatic N) is 2. The van der Waals surface area contributed by atoms with E-state index in [4.69, 9.17) is 10.5 Å². The maximum atomic E-state index is 12.1. The lowest BCUT2D eigenvalue weighted by molar-refractivity contribution is -0.384. The van der Waals surface area contributed by atoms with E-state index in [0.717, 1.165) is 28.5 Å². The van der Waals surface area contributed by atoms with Gasteiger partial charge in [-0.25, -0.2) is 4.79 Å². The van der Waals surface area contributed by atoms with Crippen LogP contribution in [0.3, 0.4) is 0 Å². The number of aromatic nitrogens is 1. The third kappa shape index (κ3) is 4.02. The van der Waals surface area contributed by atoms with Crippen molar-refractivity contribution in [1.29, 1.82) is 0 Å². The number of ether oxygens (including phenoxy) is 1. The van der Waals surface area contributed by atoms with Gasteiger partial charge in [0.1, 0.15) is 18.5 Å². The molecule has 8 heteroatoms. The zero-order chi connectivity index (χ0) is 21.8. The lowest BCUT2D eigenvalue weighted by atomic mass is 9.98. The van der Waals surface area contributed by atoms with E-state index >= 15 is 0 Å². The number of benzene rings is 2. The monoisotopic (exact) mass is 414 g/mol. The van der Waals surface area contributed by atoms with Crippen LogP contribution in [0.1, 0.15) is 22.6 Å². The third-order valence-electron chi connectivity index (χ3n) is 5.05. The quantitative estimate of drug-likeness (QED) is 0.383. The molecule has 2 aromatic carbocycles. The van der Waals surface area contributed by atoms with Gasteiger partial charge in [0.25, 0.3) is 0 Å². The molecule has 8 nitrogen and oxygen atoms in total. The Morgan fingerprint density at radius 1 is 1.13 bits per heavy atom. The van der Waals surface area contributed by atoms with E-state index in [-0.39, 0.29) is 36.0 Å². The van der Waals surface area contributed by atoms with Crippen molar-refractivity contribution in [2.24, 2.45) is 0 Å². The molecule has 1 aromatic heterocycles. The number of nitro groups is 1. The van der Waals surface area contributed by atoms with Crippen LogP contribution in [0, 0.1) is 22.0 Å². The lowest BCUT2D eigenvalue weighted by Gasteiger charge is -2.14. The molecule has 1 amide bonds. The number of hydrogen-bond donors (Lipinski definition) is 2. The van der Waals surface area contributed by atoms with Gasteiger partial charge in [0.2, 0.25) is 0 Å². The van der Waals surface area contributed by atoms with Crippen molar-refractivity contribution in [2.45, 2.75) is 5.92 Å². The molecule has 0 spiro atoms. The molecule has 4 rings (SSSR count). The van der Waals surface area contributed by atoms with Crippen molar-refractivity contribution >= 4 is 17.5 Å². The normalized spacial score (nSPS) is 11.6. The molecule has 3 N–H and O–H groups in total. The molecule has 0 saturated heterocycles. The number of anilines is 1. The van der Waals surface area contributed by atoms with Gasteiger partial charge in [-0.05, 0) is 22.3 Å². The number of nitrogens with two attached hydrogens (primary N) is 1. The van der Waals surface area contributed by atoms with E-state index in [2.05, 4.69) is 34.3 Å². The molecular formula is C23H18N4O4. The summed E-state index contributed by atoms with van der Waals surface area (Å²) in [6.45, 7) is 0.202. The fourth-order valence-corrected chi connectivity index (χ4v) is 3.61. The van der Waals surface area contributed by atoms with Gasteiger partial charge in [0.15, 0.2) is 0 Å². The highest BCUT2D eigenvalue weighted by Crippen LogP contribution is 2.44. The molecule has 0 unspecified atom stereocenters. The highest BCUT2D eigenvalue weighted by atomic mass is 16.6. The molecule has 0 aliphatic heterocycles. The van der Waals surface area contributed by atoms with Crippen LogP contribution in [0.5, 0.6) is 0 Å². The SMILES string of the molecule is Nc1c(C#CCNC(=O)OCC2c3ccccc3-c3ccccc32)cncc1[N+](=O)[O-]. The maximum absolute atomic E-state index is 12.1. The summed E-state index contributed by atoms with van der Waals surface area (Å²) in [7, 11) is 0. The summed E-state index contributed by atoms with van der Waals surface area (Å²) in [6.07, 6.45) is 1.80. The number of nitrogens with one attached hydrogen (secondary N) is 1. The van der Waals surface area contributed by atoms with Crippen molar-refractivity contribution in [2.75, 3.05) is 18.9 Å². The number of fused-ring (bicyclic) bond motifs is 3. The topological polar surface area (TPSA) is 120 Å². The first-order valence-electron chi connectivity index (χ1n) is 9.52. The molecule has 1 heterocycles. The summed E-state index contributed by atoms with van der Waals surface area (Å²) < 4.78 is 5.42. The molecule has 0 fully saturated rings. The first kappa shape index (κ1) is 19.9. The van der Waals surface area contributed by atoms with Gasteiger partial charge in [-0.3, -0.25) is 15.1 Å². The Kier molecular flexibility index (Phi) is 5.49. The molecule has 3 aromatic rings. The summed E-state index contributed by atoms with van der Waals surface area (Å²) in [4.78, 5) is 26.1. The second-order valence-corrected chi connectivity index (χ2v) is 6.86. The summed E-state index contributed by atoms with van der Waals surface area (Å²) in [6, 6.07) is 16.2. The number of amides is 1. The molecule has 0 bridgehead atoms. The zero-order valence-corrected chi connectivity index (χ0v) is 16.4. The second-order valence-electron chi connectivity index (χ2n) is 6.86.